The van der Waals surface area contributed by atoms with E-state index in [0.717, 1.165) is 71.8 Å². The highest BCUT2D eigenvalue weighted by Crippen LogP contribution is 2.38. The van der Waals surface area contributed by atoms with E-state index in [2.05, 4.69) is 118 Å². The van der Waals surface area contributed by atoms with Gasteiger partial charge in [0.15, 0.2) is 0 Å². The van der Waals surface area contributed by atoms with Gasteiger partial charge in [-0.15, -0.1) is 0 Å². The zero-order valence-corrected chi connectivity index (χ0v) is 30.3. The molecular weight excluding hydrogens is 565 g/mol. The maximum absolute atomic E-state index is 6.59. The van der Waals surface area contributed by atoms with Crippen LogP contribution in [0.1, 0.15) is 84.5 Å². The summed E-state index contributed by atoms with van der Waals surface area (Å²) < 4.78 is 20.4. The van der Waals surface area contributed by atoms with E-state index >= 15 is 0 Å². The molecule has 0 heterocycles. The number of hydrogen-bond donors (Lipinski definition) is 0. The number of quaternary nitrogens is 1. The minimum Gasteiger partial charge on any atom is -0.489 e. The van der Waals surface area contributed by atoms with Gasteiger partial charge in [-0.1, -0.05) is 70.0 Å². The van der Waals surface area contributed by atoms with Crippen molar-refractivity contribution in [3.05, 3.63) is 117 Å². The number of rotatable bonds is 13. The van der Waals surface area contributed by atoms with Crippen molar-refractivity contribution < 1.29 is 14.0 Å². The molecule has 0 aromatic heterocycles. The van der Waals surface area contributed by atoms with Crippen molar-refractivity contribution in [2.75, 3.05) is 19.6 Å². The minimum absolute atomic E-state index is 0.753. The fraction of sp³-hybridized carbons (Fsp3) is 0.415. The molecule has 0 aliphatic carbocycles. The second-order valence-corrected chi connectivity index (χ2v) is 12.9. The molecule has 0 saturated heterocycles. The topological polar surface area (TPSA) is 27.7 Å². The second-order valence-electron chi connectivity index (χ2n) is 12.9. The van der Waals surface area contributed by atoms with E-state index in [4.69, 9.17) is 14.0 Å². The van der Waals surface area contributed by atoms with Crippen LogP contribution in [0.15, 0.2) is 66.7 Å². The van der Waals surface area contributed by atoms with Crippen molar-refractivity contribution in [1.29, 1.82) is 0 Å². The van der Waals surface area contributed by atoms with Gasteiger partial charge in [0.25, 0.3) is 0 Å². The predicted octanol–water partition coefficient (Wildman–Crippen LogP) is 10.7. The van der Waals surface area contributed by atoms with Crippen LogP contribution in [-0.4, -0.2) is 27.0 Å². The molecule has 246 valence electrons. The molecule has 0 atom stereocenters. The summed E-state index contributed by atoms with van der Waals surface area (Å²) in [7, 11) is -0.933. The number of nitrogens with zero attached hydrogens (tertiary/aromatic N) is 1. The van der Waals surface area contributed by atoms with Crippen LogP contribution in [0.2, 0.25) is 0 Å². The van der Waals surface area contributed by atoms with E-state index < -0.39 is 7.32 Å². The van der Waals surface area contributed by atoms with E-state index in [1.807, 2.05) is 31.2 Å². The summed E-state index contributed by atoms with van der Waals surface area (Å²) in [5.41, 5.74) is 10.9. The van der Waals surface area contributed by atoms with Crippen molar-refractivity contribution in [3.63, 3.8) is 0 Å². The third-order valence-electron chi connectivity index (χ3n) is 8.44. The molecule has 4 aromatic carbocycles. The molecule has 4 nitrogen and oxygen atoms in total. The van der Waals surface area contributed by atoms with E-state index in [-0.39, 0.29) is 0 Å². The predicted molar refractivity (Wildman–Crippen MR) is 197 cm³/mol. The van der Waals surface area contributed by atoms with Gasteiger partial charge in [0.1, 0.15) is 22.9 Å². The Morgan fingerprint density at radius 2 is 1.00 bits per heavy atom. The van der Waals surface area contributed by atoms with E-state index in [0.29, 0.717) is 0 Å². The van der Waals surface area contributed by atoms with Gasteiger partial charge in [0, 0.05) is 5.56 Å². The highest BCUT2D eigenvalue weighted by Gasteiger charge is 2.36. The van der Waals surface area contributed by atoms with Crippen LogP contribution in [0.4, 0.5) is 5.69 Å². The maximum Gasteiger partial charge on any atom is 0.864 e. The van der Waals surface area contributed by atoms with Crippen LogP contribution >= 0.6 is 0 Å². The van der Waals surface area contributed by atoms with Gasteiger partial charge in [-0.25, -0.2) is 0 Å². The van der Waals surface area contributed by atoms with Gasteiger partial charge in [0.2, 0.25) is 0 Å². The summed E-state index contributed by atoms with van der Waals surface area (Å²) in [6, 6.07) is 25.8. The number of benzene rings is 4. The normalized spacial score (nSPS) is 11.0. The Bertz CT molecular complexity index is 1480. The first-order valence-corrected chi connectivity index (χ1v) is 17.0. The molecule has 0 spiro atoms. The molecule has 0 aliphatic heterocycles. The molecule has 0 saturated carbocycles. The Morgan fingerprint density at radius 3 is 1.41 bits per heavy atom. The van der Waals surface area contributed by atoms with Crippen LogP contribution in [0, 0.1) is 61.5 Å². The molecule has 5 heteroatoms. The minimum atomic E-state index is -0.933. The molecule has 4 rings (SSSR count). The molecule has 0 N–H and O–H groups in total. The van der Waals surface area contributed by atoms with E-state index in [9.17, 15) is 0 Å². The largest absolute Gasteiger partial charge is 0.864 e. The third-order valence-corrected chi connectivity index (χ3v) is 8.44. The quantitative estimate of drug-likeness (QED) is 0.0845. The first-order chi connectivity index (χ1) is 21.9. The van der Waals surface area contributed by atoms with Crippen LogP contribution in [0.5, 0.6) is 17.2 Å². The summed E-state index contributed by atoms with van der Waals surface area (Å²) in [6.07, 6.45) is 3.41. The molecule has 0 aliphatic rings. The SMILES string of the molecule is CCC[N+](CCC)(CCC)c1c(C)ccc(OB(Oc2ccc(C)cc2C)Oc2ccc(C)cc2C)c1C.Cc1[c-]ccc(C)c1. The number of aryl methyl sites for hydroxylation is 7. The van der Waals surface area contributed by atoms with Crippen molar-refractivity contribution in [2.24, 2.45) is 0 Å². The molecule has 0 fully saturated rings. The number of hydrogen-bond acceptors (Lipinski definition) is 3. The molecule has 0 bridgehead atoms. The van der Waals surface area contributed by atoms with Crippen LogP contribution in [0.3, 0.4) is 0 Å². The van der Waals surface area contributed by atoms with Gasteiger partial charge in [0.05, 0.1) is 25.2 Å². The summed E-state index contributed by atoms with van der Waals surface area (Å²) >= 11 is 0. The fourth-order valence-electron chi connectivity index (χ4n) is 6.61. The van der Waals surface area contributed by atoms with Crippen LogP contribution < -0.4 is 18.4 Å². The van der Waals surface area contributed by atoms with Crippen molar-refractivity contribution >= 4 is 13.0 Å². The summed E-state index contributed by atoms with van der Waals surface area (Å²) in [5.74, 6) is 2.31. The first-order valence-electron chi connectivity index (χ1n) is 17.0. The molecule has 4 aromatic rings. The molecule has 0 amide bonds. The Labute approximate surface area is 280 Å². The van der Waals surface area contributed by atoms with Gasteiger partial charge < -0.3 is 14.0 Å². The first kappa shape index (κ1) is 36.8. The standard InChI is InChI=1S/C33H47BNO3.C8H9/c1-10-19-35(20-11-2,21-12-3)33-26(6)15-18-32(29(33)9)38-34(36-30-16-13-24(4)22-27(30)7)37-31-17-14-25(5)23-28(31)8;1-7-4-3-5-8(2)6-7/h13-18,22-23H,10-12,19-21H2,1-9H3;3-4,6H,1-2H3/q+1;-1. The second kappa shape index (κ2) is 17.3. The summed E-state index contributed by atoms with van der Waals surface area (Å²) in [4.78, 5) is 0. The Kier molecular flexibility index (Phi) is 13.8. The Balaban J connectivity index is 0.000000625. The van der Waals surface area contributed by atoms with Crippen molar-refractivity contribution in [1.82, 2.24) is 4.48 Å². The van der Waals surface area contributed by atoms with Crippen LogP contribution in [-0.2, 0) is 0 Å². The molecular formula is C41H56BNO3. The molecule has 0 unspecified atom stereocenters. The lowest BCUT2D eigenvalue weighted by molar-refractivity contribution is 0.268. The van der Waals surface area contributed by atoms with E-state index in [1.165, 1.54) is 39.1 Å². The van der Waals surface area contributed by atoms with Crippen molar-refractivity contribution in [3.8, 4) is 17.2 Å². The highest BCUT2D eigenvalue weighted by molar-refractivity contribution is 6.39. The Hall–Kier alpha value is -3.70. The van der Waals surface area contributed by atoms with Crippen molar-refractivity contribution in [2.45, 2.75) is 95.4 Å². The average molecular weight is 622 g/mol. The zero-order valence-electron chi connectivity index (χ0n) is 30.3. The lowest BCUT2D eigenvalue weighted by Crippen LogP contribution is -2.52. The summed E-state index contributed by atoms with van der Waals surface area (Å²) in [5, 5.41) is 0. The smallest absolute Gasteiger partial charge is 0.489 e. The Morgan fingerprint density at radius 1 is 0.543 bits per heavy atom. The van der Waals surface area contributed by atoms with Gasteiger partial charge in [-0.3, -0.25) is 4.48 Å². The van der Waals surface area contributed by atoms with Gasteiger partial charge in [-0.05, 0) is 96.2 Å². The summed E-state index contributed by atoms with van der Waals surface area (Å²) in [6.45, 7) is 27.1. The van der Waals surface area contributed by atoms with Gasteiger partial charge in [-0.2, -0.15) is 35.4 Å². The highest BCUT2D eigenvalue weighted by atomic mass is 16.7. The maximum atomic E-state index is 6.59. The fourth-order valence-corrected chi connectivity index (χ4v) is 6.61. The average Bonchev–Trinajstić information content (AvgIpc) is 2.98. The van der Waals surface area contributed by atoms with Gasteiger partial charge >= 0.3 is 7.32 Å². The lowest BCUT2D eigenvalue weighted by atomic mass is 10.0. The molecule has 0 radical (unpaired) electrons. The zero-order chi connectivity index (χ0) is 33.9. The monoisotopic (exact) mass is 621 g/mol. The molecule has 46 heavy (non-hydrogen) atoms. The third kappa shape index (κ3) is 9.90. The lowest BCUT2D eigenvalue weighted by Gasteiger charge is -2.40. The van der Waals surface area contributed by atoms with E-state index in [1.54, 1.807) is 0 Å². The van der Waals surface area contributed by atoms with Crippen LogP contribution in [0.25, 0.3) is 0 Å².